The number of aliphatic carboxylic acids is 1. The van der Waals surface area contributed by atoms with Crippen molar-refractivity contribution in [3.63, 3.8) is 0 Å². The highest BCUT2D eigenvalue weighted by Crippen LogP contribution is 2.11. The molecule has 0 aliphatic carbocycles. The van der Waals surface area contributed by atoms with E-state index in [1.54, 1.807) is 5.41 Å². The second-order valence-corrected chi connectivity index (χ2v) is 2.70. The van der Waals surface area contributed by atoms with Gasteiger partial charge >= 0.3 is 5.97 Å². The molecule has 0 spiro atoms. The minimum Gasteiger partial charge on any atom is -0.481 e. The van der Waals surface area contributed by atoms with Gasteiger partial charge in [-0.05, 0) is 24.7 Å². The Hall–Kier alpha value is -0.440. The Morgan fingerprint density at radius 3 is 2.73 bits per heavy atom. The van der Waals surface area contributed by atoms with Crippen LogP contribution in [0.1, 0.15) is 26.2 Å². The second kappa shape index (κ2) is 6.28. The number of carboxylic acids is 1. The molecule has 11 heavy (non-hydrogen) atoms. The van der Waals surface area contributed by atoms with E-state index in [4.69, 9.17) is 5.11 Å². The van der Waals surface area contributed by atoms with E-state index < -0.39 is 5.97 Å². The summed E-state index contributed by atoms with van der Waals surface area (Å²) >= 11 is 3.88. The zero-order valence-corrected chi connectivity index (χ0v) is 7.55. The van der Waals surface area contributed by atoms with E-state index in [0.29, 0.717) is 12.8 Å². The van der Waals surface area contributed by atoms with Gasteiger partial charge in [-0.1, -0.05) is 13.0 Å². The number of rotatable bonds is 5. The van der Waals surface area contributed by atoms with Crippen LogP contribution in [0.3, 0.4) is 0 Å². The highest BCUT2D eigenvalue weighted by atomic mass is 32.1. The monoisotopic (exact) mass is 174 g/mol. The van der Waals surface area contributed by atoms with Gasteiger partial charge in [0.2, 0.25) is 0 Å². The van der Waals surface area contributed by atoms with Gasteiger partial charge in [0.1, 0.15) is 0 Å². The first-order valence-electron chi connectivity index (χ1n) is 3.74. The minimum atomic E-state index is -0.694. The van der Waals surface area contributed by atoms with E-state index >= 15 is 0 Å². The lowest BCUT2D eigenvalue weighted by atomic mass is 10.0. The smallest absolute Gasteiger partial charge is 0.306 e. The number of thiol groups is 1. The molecule has 0 saturated heterocycles. The molecular formula is C8H14O2S. The molecule has 3 heteroatoms. The summed E-state index contributed by atoms with van der Waals surface area (Å²) in [4.78, 5) is 10.5. The lowest BCUT2D eigenvalue weighted by molar-refractivity contribution is -0.142. The van der Waals surface area contributed by atoms with Gasteiger partial charge in [-0.15, -0.1) is 0 Å². The van der Waals surface area contributed by atoms with Crippen LogP contribution in [0.5, 0.6) is 0 Å². The molecule has 0 saturated carbocycles. The number of allylic oxidation sites excluding steroid dienone is 1. The average Bonchev–Trinajstić information content (AvgIpc) is 1.97. The molecule has 0 aromatic rings. The largest absolute Gasteiger partial charge is 0.481 e. The van der Waals surface area contributed by atoms with Gasteiger partial charge in [-0.25, -0.2) is 0 Å². The van der Waals surface area contributed by atoms with Crippen LogP contribution in [-0.4, -0.2) is 11.1 Å². The van der Waals surface area contributed by atoms with Crippen LogP contribution >= 0.6 is 12.6 Å². The Kier molecular flexibility index (Phi) is 6.03. The zero-order chi connectivity index (χ0) is 8.69. The first-order chi connectivity index (χ1) is 5.22. The van der Waals surface area contributed by atoms with Crippen LogP contribution in [0.2, 0.25) is 0 Å². The van der Waals surface area contributed by atoms with Gasteiger partial charge in [0.05, 0.1) is 5.92 Å². The molecule has 0 aromatic carbocycles. The predicted octanol–water partition coefficient (Wildman–Crippen LogP) is 2.32. The molecule has 0 aromatic heterocycles. The Balaban J connectivity index is 3.61. The molecule has 1 N–H and O–H groups in total. The summed E-state index contributed by atoms with van der Waals surface area (Å²) in [6, 6.07) is 0. The van der Waals surface area contributed by atoms with Gasteiger partial charge < -0.3 is 5.11 Å². The third-order valence-corrected chi connectivity index (χ3v) is 1.84. The van der Waals surface area contributed by atoms with Crippen LogP contribution in [0, 0.1) is 5.92 Å². The fraction of sp³-hybridized carbons (Fsp3) is 0.625. The fourth-order valence-corrected chi connectivity index (χ4v) is 1.02. The lowest BCUT2D eigenvalue weighted by Crippen LogP contribution is -2.11. The second-order valence-electron chi connectivity index (χ2n) is 2.41. The van der Waals surface area contributed by atoms with Crippen molar-refractivity contribution in [2.24, 2.45) is 5.92 Å². The van der Waals surface area contributed by atoms with Crippen molar-refractivity contribution in [1.82, 2.24) is 0 Å². The Morgan fingerprint density at radius 1 is 1.73 bits per heavy atom. The van der Waals surface area contributed by atoms with Crippen molar-refractivity contribution in [2.75, 3.05) is 0 Å². The molecule has 2 nitrogen and oxygen atoms in total. The first-order valence-corrected chi connectivity index (χ1v) is 4.26. The Labute approximate surface area is 72.7 Å². The number of hydrogen-bond acceptors (Lipinski definition) is 2. The van der Waals surface area contributed by atoms with Crippen molar-refractivity contribution in [2.45, 2.75) is 26.2 Å². The molecular weight excluding hydrogens is 160 g/mol. The number of hydrogen-bond donors (Lipinski definition) is 2. The van der Waals surface area contributed by atoms with E-state index in [1.165, 1.54) is 0 Å². The molecule has 0 amide bonds. The molecule has 0 heterocycles. The molecule has 0 aliphatic rings. The highest BCUT2D eigenvalue weighted by molar-refractivity contribution is 7.83. The van der Waals surface area contributed by atoms with Crippen LogP contribution in [0.15, 0.2) is 11.5 Å². The summed E-state index contributed by atoms with van der Waals surface area (Å²) in [6.45, 7) is 1.89. The lowest BCUT2D eigenvalue weighted by Gasteiger charge is -2.06. The van der Waals surface area contributed by atoms with E-state index in [1.807, 2.05) is 13.0 Å². The van der Waals surface area contributed by atoms with Crippen molar-refractivity contribution >= 4 is 18.6 Å². The summed E-state index contributed by atoms with van der Waals surface area (Å²) in [7, 11) is 0. The first kappa shape index (κ1) is 10.6. The van der Waals surface area contributed by atoms with E-state index in [9.17, 15) is 4.79 Å². The van der Waals surface area contributed by atoms with Crippen molar-refractivity contribution in [3.05, 3.63) is 11.5 Å². The average molecular weight is 174 g/mol. The third-order valence-electron chi connectivity index (χ3n) is 1.63. The van der Waals surface area contributed by atoms with Crippen molar-refractivity contribution in [1.29, 1.82) is 0 Å². The Morgan fingerprint density at radius 2 is 2.36 bits per heavy atom. The van der Waals surface area contributed by atoms with Gasteiger partial charge in [-0.3, -0.25) is 4.79 Å². The SMILES string of the molecule is CCC(CC/C=C/S)C(=O)O. The maximum Gasteiger partial charge on any atom is 0.306 e. The summed E-state index contributed by atoms with van der Waals surface area (Å²) in [5, 5.41) is 10.3. The standard InChI is InChI=1S/C8H14O2S/c1-2-7(8(9)10)5-3-4-6-11/h4,6-7,11H,2-3,5H2,1H3,(H,9,10)/b6-4+. The van der Waals surface area contributed by atoms with Crippen molar-refractivity contribution < 1.29 is 9.90 Å². The third kappa shape index (κ3) is 4.90. The van der Waals surface area contributed by atoms with Crippen LogP contribution in [0.4, 0.5) is 0 Å². The molecule has 0 bridgehead atoms. The molecule has 1 atom stereocenters. The van der Waals surface area contributed by atoms with Crippen LogP contribution < -0.4 is 0 Å². The van der Waals surface area contributed by atoms with E-state index in [2.05, 4.69) is 12.6 Å². The maximum absolute atomic E-state index is 10.5. The molecule has 1 unspecified atom stereocenters. The predicted molar refractivity (Wildman–Crippen MR) is 48.8 cm³/mol. The molecule has 0 aliphatic heterocycles. The summed E-state index contributed by atoms with van der Waals surface area (Å²) < 4.78 is 0. The fourth-order valence-electron chi connectivity index (χ4n) is 0.874. The maximum atomic E-state index is 10.5. The van der Waals surface area contributed by atoms with E-state index in [0.717, 1.165) is 6.42 Å². The van der Waals surface area contributed by atoms with Crippen LogP contribution in [-0.2, 0) is 4.79 Å². The Bertz CT molecular complexity index is 143. The van der Waals surface area contributed by atoms with Gasteiger partial charge in [0, 0.05) is 0 Å². The summed E-state index contributed by atoms with van der Waals surface area (Å²) in [5.41, 5.74) is 0. The normalized spacial score (nSPS) is 13.6. The zero-order valence-electron chi connectivity index (χ0n) is 6.66. The van der Waals surface area contributed by atoms with E-state index in [-0.39, 0.29) is 5.92 Å². The highest BCUT2D eigenvalue weighted by Gasteiger charge is 2.12. The van der Waals surface area contributed by atoms with Crippen molar-refractivity contribution in [3.8, 4) is 0 Å². The van der Waals surface area contributed by atoms with Gasteiger partial charge in [0.25, 0.3) is 0 Å². The van der Waals surface area contributed by atoms with Gasteiger partial charge in [-0.2, -0.15) is 12.6 Å². The molecule has 64 valence electrons. The quantitative estimate of drug-likeness (QED) is 0.628. The number of carboxylic acid groups (broad SMARTS) is 1. The molecule has 0 rings (SSSR count). The summed E-state index contributed by atoms with van der Waals surface area (Å²) in [5.74, 6) is -0.889. The topological polar surface area (TPSA) is 37.3 Å². The van der Waals surface area contributed by atoms with Crippen LogP contribution in [0.25, 0.3) is 0 Å². The summed E-state index contributed by atoms with van der Waals surface area (Å²) in [6.07, 6.45) is 4.08. The molecule has 0 radical (unpaired) electrons. The molecule has 0 fully saturated rings. The van der Waals surface area contributed by atoms with Gasteiger partial charge in [0.15, 0.2) is 0 Å². The minimum absolute atomic E-state index is 0.195. The number of carbonyl (C=O) groups is 1.